The first-order valence-electron chi connectivity index (χ1n) is 9.12. The standard InChI is InChI=1S/C18H23N3O3S/c22-16(12-13-4-1-2-5-13)20-9-7-14(8-10-20)21-18(23)24-17(19-21)15-6-3-11-25-15/h3,6,11,13-14H,1-2,4-5,7-10,12H2. The summed E-state index contributed by atoms with van der Waals surface area (Å²) in [5.41, 5.74) is 0. The lowest BCUT2D eigenvalue weighted by Crippen LogP contribution is -2.41. The molecule has 1 amide bonds. The van der Waals surface area contributed by atoms with E-state index in [2.05, 4.69) is 5.10 Å². The lowest BCUT2D eigenvalue weighted by molar-refractivity contribution is -0.133. The second kappa shape index (κ2) is 7.15. The average Bonchev–Trinajstić information content (AvgIpc) is 3.36. The van der Waals surface area contributed by atoms with Crippen molar-refractivity contribution < 1.29 is 9.21 Å². The van der Waals surface area contributed by atoms with Crippen LogP contribution in [0.4, 0.5) is 0 Å². The molecule has 4 rings (SSSR count). The maximum atomic E-state index is 12.4. The molecule has 2 aliphatic rings. The summed E-state index contributed by atoms with van der Waals surface area (Å²) in [6, 6.07) is 3.82. The minimum Gasteiger partial charge on any atom is -0.387 e. The Bertz CT molecular complexity index is 766. The van der Waals surface area contributed by atoms with Crippen molar-refractivity contribution in [1.29, 1.82) is 0 Å². The van der Waals surface area contributed by atoms with E-state index in [4.69, 9.17) is 4.42 Å². The molecule has 0 bridgehead atoms. The third-order valence-corrected chi connectivity index (χ3v) is 6.26. The molecule has 1 aliphatic heterocycles. The van der Waals surface area contributed by atoms with Crippen LogP contribution in [0.5, 0.6) is 0 Å². The van der Waals surface area contributed by atoms with Gasteiger partial charge in [-0.1, -0.05) is 18.9 Å². The number of likely N-dealkylation sites (tertiary alicyclic amines) is 1. The Morgan fingerprint density at radius 3 is 2.68 bits per heavy atom. The van der Waals surface area contributed by atoms with Gasteiger partial charge in [0.2, 0.25) is 5.91 Å². The fraction of sp³-hybridized carbons (Fsp3) is 0.611. The first-order valence-corrected chi connectivity index (χ1v) is 10.00. The normalized spacial score (nSPS) is 19.6. The molecule has 0 aromatic carbocycles. The predicted molar refractivity (Wildman–Crippen MR) is 95.5 cm³/mol. The largest absolute Gasteiger partial charge is 0.437 e. The minimum absolute atomic E-state index is 0.0143. The Morgan fingerprint density at radius 1 is 1.24 bits per heavy atom. The van der Waals surface area contributed by atoms with Crippen LogP contribution >= 0.6 is 11.3 Å². The van der Waals surface area contributed by atoms with Crippen molar-refractivity contribution in [1.82, 2.24) is 14.7 Å². The molecule has 0 radical (unpaired) electrons. The highest BCUT2D eigenvalue weighted by Crippen LogP contribution is 2.29. The second-order valence-electron chi connectivity index (χ2n) is 7.06. The molecule has 2 aromatic heterocycles. The smallest absolute Gasteiger partial charge is 0.387 e. The number of hydrogen-bond acceptors (Lipinski definition) is 5. The van der Waals surface area contributed by atoms with E-state index in [1.54, 1.807) is 0 Å². The topological polar surface area (TPSA) is 68.3 Å². The maximum Gasteiger partial charge on any atom is 0.437 e. The van der Waals surface area contributed by atoms with Gasteiger partial charge >= 0.3 is 5.76 Å². The molecule has 134 valence electrons. The number of carbonyl (C=O) groups excluding carboxylic acids is 1. The summed E-state index contributed by atoms with van der Waals surface area (Å²) in [4.78, 5) is 27.4. The molecular formula is C18H23N3O3S. The van der Waals surface area contributed by atoms with Crippen LogP contribution in [0.2, 0.25) is 0 Å². The van der Waals surface area contributed by atoms with E-state index in [-0.39, 0.29) is 11.9 Å². The van der Waals surface area contributed by atoms with E-state index in [0.717, 1.165) is 17.7 Å². The van der Waals surface area contributed by atoms with Gasteiger partial charge in [-0.15, -0.1) is 16.4 Å². The molecule has 0 unspecified atom stereocenters. The van der Waals surface area contributed by atoms with Gasteiger partial charge in [0.15, 0.2) is 0 Å². The zero-order chi connectivity index (χ0) is 17.2. The van der Waals surface area contributed by atoms with Crippen LogP contribution in [0.25, 0.3) is 10.8 Å². The number of hydrogen-bond donors (Lipinski definition) is 0. The van der Waals surface area contributed by atoms with Crippen molar-refractivity contribution in [2.75, 3.05) is 13.1 Å². The Kier molecular flexibility index (Phi) is 4.74. The van der Waals surface area contributed by atoms with Gasteiger partial charge in [-0.2, -0.15) is 4.68 Å². The highest BCUT2D eigenvalue weighted by atomic mass is 32.1. The number of rotatable bonds is 4. The van der Waals surface area contributed by atoms with Crippen LogP contribution < -0.4 is 5.76 Å². The third-order valence-electron chi connectivity index (χ3n) is 5.40. The van der Waals surface area contributed by atoms with Gasteiger partial charge in [-0.05, 0) is 43.0 Å². The van der Waals surface area contributed by atoms with Crippen LogP contribution in [0.1, 0.15) is 51.0 Å². The first-order chi connectivity index (χ1) is 12.2. The molecule has 6 nitrogen and oxygen atoms in total. The molecule has 7 heteroatoms. The van der Waals surface area contributed by atoms with Crippen LogP contribution in [0, 0.1) is 5.92 Å². The molecular weight excluding hydrogens is 338 g/mol. The van der Waals surface area contributed by atoms with Crippen molar-refractivity contribution in [3.63, 3.8) is 0 Å². The van der Waals surface area contributed by atoms with Gasteiger partial charge in [0, 0.05) is 19.5 Å². The highest BCUT2D eigenvalue weighted by molar-refractivity contribution is 7.13. The quantitative estimate of drug-likeness (QED) is 0.838. The summed E-state index contributed by atoms with van der Waals surface area (Å²) in [6.07, 6.45) is 7.13. The summed E-state index contributed by atoms with van der Waals surface area (Å²) in [5.74, 6) is 0.840. The zero-order valence-corrected chi connectivity index (χ0v) is 15.0. The molecule has 2 fully saturated rings. The fourth-order valence-corrected chi connectivity index (χ4v) is 4.61. The van der Waals surface area contributed by atoms with Gasteiger partial charge in [0.1, 0.15) is 0 Å². The summed E-state index contributed by atoms with van der Waals surface area (Å²) in [5, 5.41) is 6.31. The van der Waals surface area contributed by atoms with Gasteiger partial charge < -0.3 is 9.32 Å². The van der Waals surface area contributed by atoms with Gasteiger partial charge in [0.05, 0.1) is 10.9 Å². The number of aromatic nitrogens is 2. The molecule has 0 N–H and O–H groups in total. The summed E-state index contributed by atoms with van der Waals surface area (Å²) in [6.45, 7) is 1.40. The molecule has 0 atom stereocenters. The van der Waals surface area contributed by atoms with E-state index in [1.807, 2.05) is 22.4 Å². The number of piperidine rings is 1. The third kappa shape index (κ3) is 3.56. The molecule has 2 aromatic rings. The number of nitrogens with zero attached hydrogens (tertiary/aromatic N) is 3. The summed E-state index contributed by atoms with van der Waals surface area (Å²) in [7, 11) is 0. The molecule has 1 saturated carbocycles. The first kappa shape index (κ1) is 16.6. The second-order valence-corrected chi connectivity index (χ2v) is 8.01. The van der Waals surface area contributed by atoms with Crippen LogP contribution in [0.15, 0.2) is 26.7 Å². The number of amides is 1. The highest BCUT2D eigenvalue weighted by Gasteiger charge is 2.28. The maximum absolute atomic E-state index is 12.4. The molecule has 25 heavy (non-hydrogen) atoms. The predicted octanol–water partition coefficient (Wildman–Crippen LogP) is 3.31. The SMILES string of the molecule is O=C(CC1CCCC1)N1CCC(n2nc(-c3cccs3)oc2=O)CC1. The molecule has 3 heterocycles. The van der Waals surface area contributed by atoms with Crippen molar-refractivity contribution in [2.45, 2.75) is 51.0 Å². The average molecular weight is 361 g/mol. The summed E-state index contributed by atoms with van der Waals surface area (Å²) >= 11 is 1.50. The molecule has 1 aliphatic carbocycles. The van der Waals surface area contributed by atoms with E-state index in [9.17, 15) is 9.59 Å². The van der Waals surface area contributed by atoms with Crippen molar-refractivity contribution in [3.8, 4) is 10.8 Å². The minimum atomic E-state index is -0.404. The van der Waals surface area contributed by atoms with Crippen LogP contribution in [-0.4, -0.2) is 33.7 Å². The Labute approximate surface area is 150 Å². The van der Waals surface area contributed by atoms with Gasteiger partial charge in [-0.3, -0.25) is 4.79 Å². The molecule has 0 spiro atoms. The van der Waals surface area contributed by atoms with E-state index in [0.29, 0.717) is 31.3 Å². The van der Waals surface area contributed by atoms with E-state index >= 15 is 0 Å². The fourth-order valence-electron chi connectivity index (χ4n) is 3.97. The Hall–Kier alpha value is -1.89. The van der Waals surface area contributed by atoms with Gasteiger partial charge in [0.25, 0.3) is 5.89 Å². The summed E-state index contributed by atoms with van der Waals surface area (Å²) < 4.78 is 6.77. The van der Waals surface area contributed by atoms with E-state index in [1.165, 1.54) is 41.7 Å². The van der Waals surface area contributed by atoms with Gasteiger partial charge in [-0.25, -0.2) is 4.79 Å². The zero-order valence-electron chi connectivity index (χ0n) is 14.2. The number of thiophene rings is 1. The van der Waals surface area contributed by atoms with Crippen molar-refractivity contribution >= 4 is 17.2 Å². The number of carbonyl (C=O) groups is 1. The van der Waals surface area contributed by atoms with Crippen molar-refractivity contribution in [3.05, 3.63) is 28.1 Å². The lowest BCUT2D eigenvalue weighted by Gasteiger charge is -2.32. The lowest BCUT2D eigenvalue weighted by atomic mass is 10.0. The molecule has 1 saturated heterocycles. The Morgan fingerprint density at radius 2 is 2.00 bits per heavy atom. The Balaban J connectivity index is 1.37. The van der Waals surface area contributed by atoms with E-state index < -0.39 is 5.76 Å². The van der Waals surface area contributed by atoms with Crippen LogP contribution in [-0.2, 0) is 4.79 Å². The van der Waals surface area contributed by atoms with Crippen molar-refractivity contribution in [2.24, 2.45) is 5.92 Å². The van der Waals surface area contributed by atoms with Crippen LogP contribution in [0.3, 0.4) is 0 Å². The monoisotopic (exact) mass is 361 g/mol.